The van der Waals surface area contributed by atoms with Crippen molar-refractivity contribution in [2.75, 3.05) is 65.1 Å². The highest BCUT2D eigenvalue weighted by atomic mass is 16.5. The minimum Gasteiger partial charge on any atom is -0.383 e. The zero-order valence-electron chi connectivity index (χ0n) is 26.7. The van der Waals surface area contributed by atoms with Crippen LogP contribution in [0.1, 0.15) is 38.7 Å². The van der Waals surface area contributed by atoms with Crippen molar-refractivity contribution in [2.24, 2.45) is 0 Å². The van der Waals surface area contributed by atoms with Crippen LogP contribution in [0.2, 0.25) is 0 Å². The number of unbranched alkanes of at least 4 members (excludes halogenated alkanes) is 1. The first kappa shape index (κ1) is 34.0. The molecule has 236 valence electrons. The van der Waals surface area contributed by atoms with Crippen LogP contribution in [0.5, 0.6) is 0 Å². The molecule has 0 saturated carbocycles. The van der Waals surface area contributed by atoms with Crippen LogP contribution in [0, 0.1) is 11.8 Å². The number of nitrogens with zero attached hydrogens (tertiary/aromatic N) is 6. The number of rotatable bonds is 16. The first-order valence-corrected chi connectivity index (χ1v) is 14.9. The molecule has 0 bridgehead atoms. The van der Waals surface area contributed by atoms with Crippen molar-refractivity contribution in [2.45, 2.75) is 45.7 Å². The average molecular weight is 604 g/mol. The molecule has 0 fully saturated rings. The van der Waals surface area contributed by atoms with Gasteiger partial charge >= 0.3 is 0 Å². The SMILES string of the molecule is CCCNc1nc(Nc2ccc3c(cnn3CCOC)c2)ncc1C#CCCCNC(=O)[C@H](C)N(C)C(=O)/C=C/CN(C)C. The van der Waals surface area contributed by atoms with Gasteiger partial charge < -0.3 is 30.5 Å². The Kier molecular flexibility index (Phi) is 13.6. The Hall–Kier alpha value is -4.47. The van der Waals surface area contributed by atoms with Gasteiger partial charge in [0, 0.05) is 57.4 Å². The van der Waals surface area contributed by atoms with Crippen LogP contribution in [-0.2, 0) is 20.9 Å². The van der Waals surface area contributed by atoms with Crippen LogP contribution >= 0.6 is 0 Å². The second-order valence-corrected chi connectivity index (χ2v) is 10.6. The van der Waals surface area contributed by atoms with Crippen LogP contribution in [0.15, 0.2) is 42.7 Å². The lowest BCUT2D eigenvalue weighted by atomic mass is 10.2. The number of fused-ring (bicyclic) bond motifs is 1. The first-order chi connectivity index (χ1) is 21.2. The summed E-state index contributed by atoms with van der Waals surface area (Å²) in [7, 11) is 7.16. The van der Waals surface area contributed by atoms with Gasteiger partial charge in [-0.05, 0) is 52.1 Å². The quantitative estimate of drug-likeness (QED) is 0.128. The van der Waals surface area contributed by atoms with E-state index in [0.717, 1.165) is 29.6 Å². The summed E-state index contributed by atoms with van der Waals surface area (Å²) in [5, 5.41) is 15.0. The predicted octanol–water partition coefficient (Wildman–Crippen LogP) is 3.25. The van der Waals surface area contributed by atoms with E-state index in [1.54, 1.807) is 33.4 Å². The molecule has 12 heteroatoms. The molecule has 2 aromatic heterocycles. The summed E-state index contributed by atoms with van der Waals surface area (Å²) >= 11 is 0. The zero-order chi connectivity index (χ0) is 31.9. The number of likely N-dealkylation sites (N-methyl/N-ethyl adjacent to an activating group) is 2. The van der Waals surface area contributed by atoms with Gasteiger partial charge in [-0.3, -0.25) is 14.3 Å². The normalized spacial score (nSPS) is 11.8. The number of carbonyl (C=O) groups excluding carboxylic acids is 2. The van der Waals surface area contributed by atoms with E-state index < -0.39 is 6.04 Å². The molecule has 2 amide bonds. The largest absolute Gasteiger partial charge is 0.383 e. The highest BCUT2D eigenvalue weighted by Gasteiger charge is 2.20. The number of methoxy groups -OCH3 is 1. The maximum absolute atomic E-state index is 12.5. The summed E-state index contributed by atoms with van der Waals surface area (Å²) in [5.74, 6) is 7.06. The Morgan fingerprint density at radius 2 is 2.00 bits per heavy atom. The molecule has 0 unspecified atom stereocenters. The Labute approximate surface area is 260 Å². The van der Waals surface area contributed by atoms with E-state index in [2.05, 4.69) is 49.8 Å². The minimum atomic E-state index is -0.574. The Bertz CT molecular complexity index is 1470. The molecule has 44 heavy (non-hydrogen) atoms. The molecule has 1 atom stereocenters. The molecule has 0 aliphatic heterocycles. The highest BCUT2D eigenvalue weighted by molar-refractivity contribution is 5.92. The Morgan fingerprint density at radius 3 is 2.75 bits per heavy atom. The average Bonchev–Trinajstić information content (AvgIpc) is 3.42. The van der Waals surface area contributed by atoms with E-state index in [9.17, 15) is 9.59 Å². The molecule has 0 aliphatic rings. The van der Waals surface area contributed by atoms with Crippen molar-refractivity contribution in [3.05, 3.63) is 48.3 Å². The highest BCUT2D eigenvalue weighted by Crippen LogP contribution is 2.22. The van der Waals surface area contributed by atoms with Crippen molar-refractivity contribution < 1.29 is 14.3 Å². The lowest BCUT2D eigenvalue weighted by Gasteiger charge is -2.23. The summed E-state index contributed by atoms with van der Waals surface area (Å²) in [4.78, 5) is 37.4. The molecule has 0 spiro atoms. The molecule has 1 aromatic carbocycles. The number of benzene rings is 1. The van der Waals surface area contributed by atoms with Crippen LogP contribution in [0.3, 0.4) is 0 Å². The predicted molar refractivity (Wildman–Crippen MR) is 175 cm³/mol. The van der Waals surface area contributed by atoms with Gasteiger partial charge in [-0.15, -0.1) is 0 Å². The number of hydrogen-bond donors (Lipinski definition) is 3. The van der Waals surface area contributed by atoms with Gasteiger partial charge in [0.05, 0.1) is 36.6 Å². The fourth-order valence-electron chi connectivity index (χ4n) is 4.10. The van der Waals surface area contributed by atoms with Crippen molar-refractivity contribution in [1.82, 2.24) is 34.9 Å². The van der Waals surface area contributed by atoms with E-state index >= 15 is 0 Å². The molecule has 2 heterocycles. The molecule has 0 aliphatic carbocycles. The van der Waals surface area contributed by atoms with E-state index in [0.29, 0.717) is 56.4 Å². The van der Waals surface area contributed by atoms with Crippen LogP contribution in [-0.4, -0.2) is 102 Å². The zero-order valence-corrected chi connectivity index (χ0v) is 26.7. The minimum absolute atomic E-state index is 0.198. The standard InChI is InChI=1S/C32H45N9O3/c1-7-16-33-30-25(12-9-8-10-17-34-31(43)24(2)40(5)29(42)13-11-18-39(3)4)22-35-32(38-30)37-27-14-15-28-26(21-27)23-36-41(28)19-20-44-6/h11,13-15,21-24H,7-8,10,16-20H2,1-6H3,(H,34,43)(H2,33,35,37,38)/b13-11+/t24-/m0/s1. The smallest absolute Gasteiger partial charge is 0.246 e. The van der Waals surface area contributed by atoms with Crippen LogP contribution < -0.4 is 16.0 Å². The van der Waals surface area contributed by atoms with E-state index in [-0.39, 0.29) is 11.8 Å². The maximum atomic E-state index is 12.5. The number of hydrogen-bond acceptors (Lipinski definition) is 9. The molecular formula is C32H45N9O3. The maximum Gasteiger partial charge on any atom is 0.246 e. The Morgan fingerprint density at radius 1 is 1.18 bits per heavy atom. The van der Waals surface area contributed by atoms with Gasteiger partial charge in [0.25, 0.3) is 0 Å². The molecule has 0 saturated heterocycles. The van der Waals surface area contributed by atoms with Crippen molar-refractivity contribution in [3.8, 4) is 11.8 Å². The van der Waals surface area contributed by atoms with Gasteiger partial charge in [-0.1, -0.05) is 24.8 Å². The lowest BCUT2D eigenvalue weighted by molar-refractivity contribution is -0.135. The molecule has 12 nitrogen and oxygen atoms in total. The molecule has 3 N–H and O–H groups in total. The molecular weight excluding hydrogens is 558 g/mol. The first-order valence-electron chi connectivity index (χ1n) is 14.9. The molecule has 3 aromatic rings. The number of carbonyl (C=O) groups is 2. The monoisotopic (exact) mass is 603 g/mol. The number of amides is 2. The third-order valence-electron chi connectivity index (χ3n) is 6.78. The van der Waals surface area contributed by atoms with E-state index in [4.69, 9.17) is 4.74 Å². The van der Waals surface area contributed by atoms with Gasteiger partial charge in [-0.25, -0.2) is 4.98 Å². The number of anilines is 3. The lowest BCUT2D eigenvalue weighted by Crippen LogP contribution is -2.45. The number of ether oxygens (including phenoxy) is 1. The van der Waals surface area contributed by atoms with Gasteiger partial charge in [0.1, 0.15) is 11.9 Å². The molecule has 3 rings (SSSR count). The number of nitrogens with one attached hydrogen (secondary N) is 3. The molecule has 0 radical (unpaired) electrons. The van der Waals surface area contributed by atoms with Crippen molar-refractivity contribution >= 4 is 40.2 Å². The summed E-state index contributed by atoms with van der Waals surface area (Å²) in [6.45, 7) is 6.97. The van der Waals surface area contributed by atoms with Gasteiger partial charge in [0.2, 0.25) is 17.8 Å². The third kappa shape index (κ3) is 10.4. The van der Waals surface area contributed by atoms with E-state index in [1.807, 2.05) is 48.1 Å². The van der Waals surface area contributed by atoms with Crippen molar-refractivity contribution in [3.63, 3.8) is 0 Å². The topological polar surface area (TPSA) is 130 Å². The summed E-state index contributed by atoms with van der Waals surface area (Å²) in [5.41, 5.74) is 2.60. The van der Waals surface area contributed by atoms with Crippen molar-refractivity contribution in [1.29, 1.82) is 0 Å². The van der Waals surface area contributed by atoms with Crippen LogP contribution in [0.4, 0.5) is 17.5 Å². The fourth-order valence-corrected chi connectivity index (χ4v) is 4.10. The van der Waals surface area contributed by atoms with E-state index in [1.165, 1.54) is 11.0 Å². The summed E-state index contributed by atoms with van der Waals surface area (Å²) in [6.07, 6.45) is 9.02. The summed E-state index contributed by atoms with van der Waals surface area (Å²) in [6, 6.07) is 5.43. The second-order valence-electron chi connectivity index (χ2n) is 10.6. The number of aromatic nitrogens is 4. The summed E-state index contributed by atoms with van der Waals surface area (Å²) < 4.78 is 7.09. The Balaban J connectivity index is 1.54. The second kappa shape index (κ2) is 17.6. The van der Waals surface area contributed by atoms with Crippen LogP contribution in [0.25, 0.3) is 10.9 Å². The fraction of sp³-hybridized carbons (Fsp3) is 0.469. The third-order valence-corrected chi connectivity index (χ3v) is 6.78. The van der Waals surface area contributed by atoms with Gasteiger partial charge in [-0.2, -0.15) is 10.1 Å². The van der Waals surface area contributed by atoms with Gasteiger partial charge in [0.15, 0.2) is 0 Å².